The molecule has 0 bridgehead atoms. The number of likely N-dealkylation sites (tertiary alicyclic amines) is 1. The van der Waals surface area contributed by atoms with Crippen LogP contribution in [0.15, 0.2) is 66.7 Å². The van der Waals surface area contributed by atoms with E-state index in [0.717, 1.165) is 29.7 Å². The number of carboxylic acids is 1. The molecule has 1 aliphatic heterocycles. The lowest BCUT2D eigenvalue weighted by molar-refractivity contribution is -0.143. The number of aliphatic carboxylic acids is 1. The zero-order chi connectivity index (χ0) is 24.8. The summed E-state index contributed by atoms with van der Waals surface area (Å²) in [4.78, 5) is 14.0. The van der Waals surface area contributed by atoms with Gasteiger partial charge in [0.2, 0.25) is 0 Å². The van der Waals surface area contributed by atoms with Crippen molar-refractivity contribution >= 4 is 29.2 Å². The molecule has 2 atom stereocenters. The maximum absolute atomic E-state index is 11.8. The van der Waals surface area contributed by atoms with Crippen molar-refractivity contribution in [2.75, 3.05) is 19.7 Å². The molecule has 35 heavy (non-hydrogen) atoms. The second-order valence-corrected chi connectivity index (χ2v) is 9.50. The van der Waals surface area contributed by atoms with Crippen LogP contribution in [-0.4, -0.2) is 35.7 Å². The predicted octanol–water partition coefficient (Wildman–Crippen LogP) is 6.86. The zero-order valence-corrected chi connectivity index (χ0v) is 21.1. The molecule has 184 valence electrons. The van der Waals surface area contributed by atoms with Gasteiger partial charge < -0.3 is 14.6 Å². The number of rotatable bonds is 9. The smallest absolute Gasteiger partial charge is 0.307 e. The molecule has 0 amide bonds. The summed E-state index contributed by atoms with van der Waals surface area (Å²) in [5, 5.41) is 10.8. The van der Waals surface area contributed by atoms with Gasteiger partial charge in [-0.25, -0.2) is 0 Å². The third-order valence-electron chi connectivity index (χ3n) is 6.24. The fourth-order valence-corrected chi connectivity index (χ4v) is 5.08. The summed E-state index contributed by atoms with van der Waals surface area (Å²) in [6.07, 6.45) is 1.47. The second-order valence-electron chi connectivity index (χ2n) is 8.65. The van der Waals surface area contributed by atoms with E-state index >= 15 is 0 Å². The lowest BCUT2D eigenvalue weighted by Crippen LogP contribution is -2.41. The van der Waals surface area contributed by atoms with Crippen LogP contribution in [0.1, 0.15) is 42.5 Å². The molecular weight excluding hydrogens is 485 g/mol. The van der Waals surface area contributed by atoms with E-state index in [2.05, 4.69) is 4.90 Å². The Morgan fingerprint density at radius 3 is 2.57 bits per heavy atom. The highest BCUT2D eigenvalue weighted by Crippen LogP contribution is 2.40. The molecule has 1 aliphatic rings. The van der Waals surface area contributed by atoms with Gasteiger partial charge in [0.25, 0.3) is 0 Å². The molecule has 4 rings (SSSR count). The molecular formula is C28H29Cl2NO4. The van der Waals surface area contributed by atoms with Crippen molar-refractivity contribution in [2.24, 2.45) is 5.92 Å². The first-order valence-corrected chi connectivity index (χ1v) is 12.6. The molecule has 1 heterocycles. The lowest BCUT2D eigenvalue weighted by Gasteiger charge is -2.38. The third kappa shape index (κ3) is 6.29. The number of carboxylic acid groups (broad SMARTS) is 1. The molecule has 7 heteroatoms. The molecule has 1 fully saturated rings. The fourth-order valence-electron chi connectivity index (χ4n) is 4.57. The maximum Gasteiger partial charge on any atom is 0.307 e. The van der Waals surface area contributed by atoms with Gasteiger partial charge in [-0.15, -0.1) is 0 Å². The van der Waals surface area contributed by atoms with Gasteiger partial charge >= 0.3 is 5.97 Å². The molecule has 0 aromatic heterocycles. The van der Waals surface area contributed by atoms with E-state index in [1.807, 2.05) is 67.6 Å². The molecule has 2 unspecified atom stereocenters. The number of ether oxygens (including phenoxy) is 2. The first-order valence-electron chi connectivity index (χ1n) is 11.8. The van der Waals surface area contributed by atoms with E-state index in [1.165, 1.54) is 0 Å². The summed E-state index contributed by atoms with van der Waals surface area (Å²) >= 11 is 12.8. The minimum absolute atomic E-state index is 0.246. The van der Waals surface area contributed by atoms with Crippen LogP contribution in [0.2, 0.25) is 10.0 Å². The molecule has 3 aromatic carbocycles. The van der Waals surface area contributed by atoms with Crippen molar-refractivity contribution in [3.05, 3.63) is 93.5 Å². The summed E-state index contributed by atoms with van der Waals surface area (Å²) in [6.45, 7) is 4.06. The van der Waals surface area contributed by atoms with Gasteiger partial charge in [-0.2, -0.15) is 0 Å². The van der Waals surface area contributed by atoms with Crippen LogP contribution in [0.3, 0.4) is 0 Å². The third-order valence-corrected chi connectivity index (χ3v) is 6.81. The normalized spacial score (nSPS) is 17.1. The predicted molar refractivity (Wildman–Crippen MR) is 139 cm³/mol. The molecule has 3 aromatic rings. The van der Waals surface area contributed by atoms with E-state index in [1.54, 1.807) is 6.07 Å². The molecule has 0 radical (unpaired) electrons. The topological polar surface area (TPSA) is 59.0 Å². The molecule has 5 nitrogen and oxygen atoms in total. The number of halogens is 2. The Labute approximate surface area is 216 Å². The van der Waals surface area contributed by atoms with Gasteiger partial charge in [0, 0.05) is 16.6 Å². The minimum Gasteiger partial charge on any atom is -0.490 e. The number of piperidine rings is 1. The number of carbonyl (C=O) groups is 1. The van der Waals surface area contributed by atoms with Crippen molar-refractivity contribution < 1.29 is 19.4 Å². The Kier molecular flexibility index (Phi) is 8.55. The monoisotopic (exact) mass is 513 g/mol. The summed E-state index contributed by atoms with van der Waals surface area (Å²) in [5.74, 6) is 0.109. The first-order chi connectivity index (χ1) is 17.0. The van der Waals surface area contributed by atoms with Gasteiger partial charge in [0.15, 0.2) is 11.5 Å². The molecule has 0 aliphatic carbocycles. The standard InChI is InChI=1S/C28H29Cl2NO4/c1-2-34-26-15-20(10-13-25(26)35-18-19-7-4-3-5-8-19)27(23-12-11-22(29)16-24(23)30)31-14-6-9-21(17-31)28(32)33/h3-5,7-8,10-13,15-16,21,27H,2,6,9,14,17-18H2,1H3,(H,32,33). The van der Waals surface area contributed by atoms with Crippen LogP contribution < -0.4 is 9.47 Å². The van der Waals surface area contributed by atoms with Crippen molar-refractivity contribution in [2.45, 2.75) is 32.4 Å². The number of hydrogen-bond donors (Lipinski definition) is 1. The maximum atomic E-state index is 11.8. The summed E-state index contributed by atoms with van der Waals surface area (Å²) in [5.41, 5.74) is 2.90. The van der Waals surface area contributed by atoms with Gasteiger partial charge in [-0.05, 0) is 67.3 Å². The Bertz CT molecular complexity index is 1150. The molecule has 0 spiro atoms. The summed E-state index contributed by atoms with van der Waals surface area (Å²) in [6, 6.07) is 21.1. The lowest BCUT2D eigenvalue weighted by atomic mass is 9.91. The van der Waals surface area contributed by atoms with Crippen LogP contribution in [0.4, 0.5) is 0 Å². The Morgan fingerprint density at radius 2 is 1.86 bits per heavy atom. The Hall–Kier alpha value is -2.73. The van der Waals surface area contributed by atoms with Crippen LogP contribution in [0, 0.1) is 5.92 Å². The first kappa shape index (κ1) is 25.4. The van der Waals surface area contributed by atoms with E-state index in [9.17, 15) is 9.90 Å². The highest BCUT2D eigenvalue weighted by molar-refractivity contribution is 6.35. The largest absolute Gasteiger partial charge is 0.490 e. The fraction of sp³-hybridized carbons (Fsp3) is 0.321. The van der Waals surface area contributed by atoms with E-state index < -0.39 is 11.9 Å². The van der Waals surface area contributed by atoms with Gasteiger partial charge in [-0.3, -0.25) is 9.69 Å². The second kappa shape index (κ2) is 11.8. The zero-order valence-electron chi connectivity index (χ0n) is 19.6. The summed E-state index contributed by atoms with van der Waals surface area (Å²) in [7, 11) is 0. The highest BCUT2D eigenvalue weighted by atomic mass is 35.5. The van der Waals surface area contributed by atoms with E-state index in [0.29, 0.717) is 47.7 Å². The van der Waals surface area contributed by atoms with Crippen molar-refractivity contribution in [1.82, 2.24) is 4.90 Å². The average molecular weight is 514 g/mol. The summed E-state index contributed by atoms with van der Waals surface area (Å²) < 4.78 is 12.0. The highest BCUT2D eigenvalue weighted by Gasteiger charge is 2.32. The van der Waals surface area contributed by atoms with E-state index in [4.69, 9.17) is 32.7 Å². The average Bonchev–Trinajstić information content (AvgIpc) is 2.86. The van der Waals surface area contributed by atoms with Crippen LogP contribution in [-0.2, 0) is 11.4 Å². The van der Waals surface area contributed by atoms with Crippen LogP contribution in [0.5, 0.6) is 11.5 Å². The Morgan fingerprint density at radius 1 is 1.06 bits per heavy atom. The SMILES string of the molecule is CCOc1cc(C(c2ccc(Cl)cc2Cl)N2CCCC(C(=O)O)C2)ccc1OCc1ccccc1. The van der Waals surface area contributed by atoms with Gasteiger partial charge in [-0.1, -0.05) is 65.7 Å². The van der Waals surface area contributed by atoms with Crippen molar-refractivity contribution in [3.8, 4) is 11.5 Å². The number of hydrogen-bond acceptors (Lipinski definition) is 4. The molecule has 1 saturated heterocycles. The number of nitrogens with zero attached hydrogens (tertiary/aromatic N) is 1. The van der Waals surface area contributed by atoms with E-state index in [-0.39, 0.29) is 6.04 Å². The Balaban J connectivity index is 1.70. The molecule has 0 saturated carbocycles. The van der Waals surface area contributed by atoms with Crippen LogP contribution >= 0.6 is 23.2 Å². The molecule has 1 N–H and O–H groups in total. The van der Waals surface area contributed by atoms with Crippen LogP contribution in [0.25, 0.3) is 0 Å². The number of benzene rings is 3. The van der Waals surface area contributed by atoms with Crippen molar-refractivity contribution in [1.29, 1.82) is 0 Å². The quantitative estimate of drug-likeness (QED) is 0.338. The van der Waals surface area contributed by atoms with Gasteiger partial charge in [0.05, 0.1) is 18.6 Å². The van der Waals surface area contributed by atoms with Gasteiger partial charge in [0.1, 0.15) is 6.61 Å². The van der Waals surface area contributed by atoms with Crippen molar-refractivity contribution in [3.63, 3.8) is 0 Å². The minimum atomic E-state index is -0.768.